The van der Waals surface area contributed by atoms with Gasteiger partial charge in [0.15, 0.2) is 0 Å². The third-order valence-electron chi connectivity index (χ3n) is 3.44. The Kier molecular flexibility index (Phi) is 4.42. The molecule has 0 aromatic rings. The molecule has 1 N–H and O–H groups in total. The zero-order chi connectivity index (χ0) is 8.02. The maximum absolute atomic E-state index is 3.44. The molecule has 0 saturated carbocycles. The summed E-state index contributed by atoms with van der Waals surface area (Å²) in [4.78, 5) is 2.68. The van der Waals surface area contributed by atoms with Gasteiger partial charge >= 0.3 is 0 Å². The van der Waals surface area contributed by atoms with Crippen molar-refractivity contribution in [3.63, 3.8) is 0 Å². The smallest absolute Gasteiger partial charge is 0.0233 e. The molecule has 5 heteroatoms. The van der Waals surface area contributed by atoms with Gasteiger partial charge in [-0.3, -0.25) is 4.90 Å². The van der Waals surface area contributed by atoms with Gasteiger partial charge in [-0.1, -0.05) is 0 Å². The minimum absolute atomic E-state index is 0. The van der Waals surface area contributed by atoms with Crippen molar-refractivity contribution in [2.45, 2.75) is 12.5 Å². The summed E-state index contributed by atoms with van der Waals surface area (Å²) >= 11 is 2.12. The summed E-state index contributed by atoms with van der Waals surface area (Å²) in [6.45, 7) is 5.27. The van der Waals surface area contributed by atoms with Crippen LogP contribution in [0, 0.1) is 5.41 Å². The van der Waals surface area contributed by atoms with Crippen LogP contribution in [0.3, 0.4) is 0 Å². The molecule has 0 radical (unpaired) electrons. The molecule has 3 heterocycles. The molecule has 0 amide bonds. The third-order valence-corrected chi connectivity index (χ3v) is 5.08. The summed E-state index contributed by atoms with van der Waals surface area (Å²) in [7, 11) is 0. The first-order valence-electron chi connectivity index (χ1n) is 4.91. The van der Waals surface area contributed by atoms with Crippen LogP contribution in [0.5, 0.6) is 0 Å². The van der Waals surface area contributed by atoms with Crippen molar-refractivity contribution in [1.29, 1.82) is 0 Å². The number of nitrogens with one attached hydrogen (secondary N) is 1. The molecule has 3 aliphatic rings. The van der Waals surface area contributed by atoms with Gasteiger partial charge in [0, 0.05) is 42.6 Å². The highest BCUT2D eigenvalue weighted by Gasteiger charge is 2.49. The normalized spacial score (nSPS) is 33.9. The number of thioether (sulfide) groups is 1. The van der Waals surface area contributed by atoms with Gasteiger partial charge < -0.3 is 5.32 Å². The SMILES string of the molecule is C1C[C@@H](N2CC3(CSC3)C2)CN1.Cl.Cl. The highest BCUT2D eigenvalue weighted by molar-refractivity contribution is 8.00. The van der Waals surface area contributed by atoms with E-state index in [2.05, 4.69) is 22.0 Å². The van der Waals surface area contributed by atoms with Gasteiger partial charge in [-0.15, -0.1) is 24.8 Å². The molecule has 0 bridgehead atoms. The molecular weight excluding hydrogens is 239 g/mol. The average Bonchev–Trinajstić information content (AvgIpc) is 2.32. The van der Waals surface area contributed by atoms with Crippen molar-refractivity contribution in [3.8, 4) is 0 Å². The summed E-state index contributed by atoms with van der Waals surface area (Å²) in [6.07, 6.45) is 1.38. The molecule has 3 saturated heterocycles. The zero-order valence-electron chi connectivity index (χ0n) is 8.20. The molecule has 1 atom stereocenters. The summed E-state index contributed by atoms with van der Waals surface area (Å²) in [5.41, 5.74) is 0.785. The lowest BCUT2D eigenvalue weighted by atomic mass is 9.81. The van der Waals surface area contributed by atoms with Crippen LogP contribution in [0.2, 0.25) is 0 Å². The number of likely N-dealkylation sites (tertiary alicyclic amines) is 1. The van der Waals surface area contributed by atoms with Gasteiger partial charge in [0.1, 0.15) is 0 Å². The Balaban J connectivity index is 0.000000490. The van der Waals surface area contributed by atoms with Crippen LogP contribution in [0.15, 0.2) is 0 Å². The van der Waals surface area contributed by atoms with E-state index in [1.54, 1.807) is 0 Å². The van der Waals surface area contributed by atoms with E-state index in [-0.39, 0.29) is 24.8 Å². The molecule has 2 nitrogen and oxygen atoms in total. The van der Waals surface area contributed by atoms with Crippen LogP contribution in [-0.4, -0.2) is 48.6 Å². The van der Waals surface area contributed by atoms with Crippen LogP contribution in [0.25, 0.3) is 0 Å². The fourth-order valence-electron chi connectivity index (χ4n) is 2.60. The number of halogens is 2. The topological polar surface area (TPSA) is 15.3 Å². The number of hydrogen-bond acceptors (Lipinski definition) is 3. The number of hydrogen-bond donors (Lipinski definition) is 1. The molecule has 3 rings (SSSR count). The van der Waals surface area contributed by atoms with Crippen molar-refractivity contribution in [2.75, 3.05) is 37.7 Å². The number of nitrogens with zero attached hydrogens (tertiary/aromatic N) is 1. The van der Waals surface area contributed by atoms with E-state index in [0.29, 0.717) is 0 Å². The minimum atomic E-state index is 0. The van der Waals surface area contributed by atoms with E-state index in [0.717, 1.165) is 11.5 Å². The Bertz CT molecular complexity index is 185. The molecule has 0 aliphatic carbocycles. The molecule has 84 valence electrons. The fraction of sp³-hybridized carbons (Fsp3) is 1.00. The summed E-state index contributed by atoms with van der Waals surface area (Å²) < 4.78 is 0. The van der Waals surface area contributed by atoms with Crippen molar-refractivity contribution in [2.24, 2.45) is 5.41 Å². The van der Waals surface area contributed by atoms with Crippen LogP contribution in [0.4, 0.5) is 0 Å². The molecule has 3 fully saturated rings. The van der Waals surface area contributed by atoms with Crippen molar-refractivity contribution in [3.05, 3.63) is 0 Å². The molecule has 3 aliphatic heterocycles. The fourth-order valence-corrected chi connectivity index (χ4v) is 3.74. The first kappa shape index (κ1) is 12.9. The molecule has 0 aromatic heterocycles. The van der Waals surface area contributed by atoms with E-state index in [9.17, 15) is 0 Å². The monoisotopic (exact) mass is 256 g/mol. The van der Waals surface area contributed by atoms with Crippen molar-refractivity contribution in [1.82, 2.24) is 10.2 Å². The second-order valence-corrected chi connectivity index (χ2v) is 5.53. The predicted octanol–water partition coefficient (Wildman–Crippen LogP) is 1.24. The molecular formula is C9H18Cl2N2S. The van der Waals surface area contributed by atoms with Gasteiger partial charge in [0.25, 0.3) is 0 Å². The predicted molar refractivity (Wildman–Crippen MR) is 67.1 cm³/mol. The summed E-state index contributed by atoms with van der Waals surface area (Å²) in [5.74, 6) is 2.87. The van der Waals surface area contributed by atoms with E-state index in [1.807, 2.05) is 0 Å². The van der Waals surface area contributed by atoms with Crippen LogP contribution < -0.4 is 5.32 Å². The Morgan fingerprint density at radius 1 is 1.21 bits per heavy atom. The van der Waals surface area contributed by atoms with Gasteiger partial charge in [0.05, 0.1) is 0 Å². The summed E-state index contributed by atoms with van der Waals surface area (Å²) in [6, 6.07) is 0.876. The highest BCUT2D eigenvalue weighted by atomic mass is 35.5. The first-order valence-corrected chi connectivity index (χ1v) is 6.06. The van der Waals surface area contributed by atoms with Gasteiger partial charge in [-0.05, 0) is 13.0 Å². The Morgan fingerprint density at radius 3 is 2.36 bits per heavy atom. The van der Waals surface area contributed by atoms with Crippen LogP contribution in [0.1, 0.15) is 6.42 Å². The largest absolute Gasteiger partial charge is 0.315 e. The van der Waals surface area contributed by atoms with Gasteiger partial charge in [-0.25, -0.2) is 0 Å². The maximum Gasteiger partial charge on any atom is 0.0233 e. The third kappa shape index (κ3) is 2.03. The summed E-state index contributed by atoms with van der Waals surface area (Å²) in [5, 5.41) is 3.44. The van der Waals surface area contributed by atoms with Crippen molar-refractivity contribution >= 4 is 36.6 Å². The van der Waals surface area contributed by atoms with Crippen LogP contribution in [-0.2, 0) is 0 Å². The van der Waals surface area contributed by atoms with Gasteiger partial charge in [-0.2, -0.15) is 11.8 Å². The first-order chi connectivity index (χ1) is 5.88. The number of rotatable bonds is 1. The van der Waals surface area contributed by atoms with Gasteiger partial charge in [0.2, 0.25) is 0 Å². The molecule has 1 spiro atoms. The van der Waals surface area contributed by atoms with E-state index in [1.165, 1.54) is 44.1 Å². The second-order valence-electron chi connectivity index (χ2n) is 4.54. The Labute approximate surface area is 102 Å². The second kappa shape index (κ2) is 4.79. The molecule has 0 unspecified atom stereocenters. The zero-order valence-corrected chi connectivity index (χ0v) is 10.6. The standard InChI is InChI=1S/C9H16N2S.2ClH/c1-2-10-3-8(1)11-4-9(5-11)6-12-7-9;;/h8,10H,1-7H2;2*1H/t8-;;/m1../s1. The Hall–Kier alpha value is 0.850. The highest BCUT2D eigenvalue weighted by Crippen LogP contribution is 2.46. The molecule has 0 aromatic carbocycles. The Morgan fingerprint density at radius 2 is 1.93 bits per heavy atom. The lowest BCUT2D eigenvalue weighted by Gasteiger charge is -2.57. The molecule has 14 heavy (non-hydrogen) atoms. The average molecular weight is 257 g/mol. The lowest BCUT2D eigenvalue weighted by Crippen LogP contribution is -2.65. The maximum atomic E-state index is 3.44. The van der Waals surface area contributed by atoms with E-state index in [4.69, 9.17) is 0 Å². The van der Waals surface area contributed by atoms with Crippen molar-refractivity contribution < 1.29 is 0 Å². The minimum Gasteiger partial charge on any atom is -0.315 e. The van der Waals surface area contributed by atoms with Crippen LogP contribution >= 0.6 is 36.6 Å². The lowest BCUT2D eigenvalue weighted by molar-refractivity contribution is -0.000388. The quantitative estimate of drug-likeness (QED) is 0.761. The van der Waals surface area contributed by atoms with E-state index >= 15 is 0 Å². The van der Waals surface area contributed by atoms with E-state index < -0.39 is 0 Å².